The summed E-state index contributed by atoms with van der Waals surface area (Å²) in [7, 11) is -3.80. The van der Waals surface area contributed by atoms with Crippen LogP contribution >= 0.6 is 0 Å². The van der Waals surface area contributed by atoms with Gasteiger partial charge in [0.05, 0.1) is 18.1 Å². The normalized spacial score (nSPS) is 12.1. The van der Waals surface area contributed by atoms with Crippen molar-refractivity contribution in [2.45, 2.75) is 11.3 Å². The number of rotatable bonds is 4. The Kier molecular flexibility index (Phi) is 4.04. The number of halogens is 3. The van der Waals surface area contributed by atoms with Crippen LogP contribution in [0, 0.1) is 10.1 Å². The first kappa shape index (κ1) is 15.9. The van der Waals surface area contributed by atoms with Crippen LogP contribution in [0.2, 0.25) is 0 Å². The number of ether oxygens (including phenoxy) is 2. The molecule has 0 spiro atoms. The molecular weight excluding hydrogens is 311 g/mol. The van der Waals surface area contributed by atoms with Crippen LogP contribution in [0.25, 0.3) is 0 Å². The monoisotopic (exact) mass is 317 g/mol. The molecule has 2 N–H and O–H groups in total. The van der Waals surface area contributed by atoms with Crippen LogP contribution in [-0.4, -0.2) is 31.8 Å². The molecule has 0 saturated carbocycles. The third-order valence-electron chi connectivity index (χ3n) is 1.79. The lowest BCUT2D eigenvalue weighted by Crippen LogP contribution is -2.20. The third kappa shape index (κ3) is 3.67. The Hall–Kier alpha value is -2.15. The summed E-state index contributed by atoms with van der Waals surface area (Å²) in [6, 6.07) is 0.176. The van der Waals surface area contributed by atoms with Crippen molar-refractivity contribution in [1.29, 1.82) is 0 Å². The molecule has 0 aromatic carbocycles. The van der Waals surface area contributed by atoms with Crippen LogP contribution in [0.4, 0.5) is 18.9 Å². The fourth-order valence-electron chi connectivity index (χ4n) is 1.19. The summed E-state index contributed by atoms with van der Waals surface area (Å²) in [6.45, 7) is 0. The van der Waals surface area contributed by atoms with E-state index in [1.54, 1.807) is 0 Å². The number of hydrogen-bond acceptors (Lipinski definition) is 7. The molecule has 112 valence electrons. The smallest absolute Gasteiger partial charge is 0.480 e. The van der Waals surface area contributed by atoms with Crippen LogP contribution < -0.4 is 14.6 Å². The maximum atomic E-state index is 12.0. The van der Waals surface area contributed by atoms with Gasteiger partial charge in [-0.05, 0) is 0 Å². The van der Waals surface area contributed by atoms with Crippen molar-refractivity contribution < 1.29 is 36.0 Å². The molecule has 1 heterocycles. The molecule has 20 heavy (non-hydrogen) atoms. The van der Waals surface area contributed by atoms with Gasteiger partial charge in [0.25, 0.3) is 5.69 Å². The minimum Gasteiger partial charge on any atom is -0.480 e. The van der Waals surface area contributed by atoms with E-state index in [-0.39, 0.29) is 6.07 Å². The molecule has 13 heteroatoms. The third-order valence-corrected chi connectivity index (χ3v) is 2.75. The summed E-state index contributed by atoms with van der Waals surface area (Å²) in [5.41, 5.74) is -1.25. The number of methoxy groups -OCH3 is 1. The predicted octanol–water partition coefficient (Wildman–Crippen LogP) is 0.544. The van der Waals surface area contributed by atoms with E-state index < -0.39 is 43.7 Å². The number of primary sulfonamides is 1. The Morgan fingerprint density at radius 1 is 1.45 bits per heavy atom. The van der Waals surface area contributed by atoms with Crippen LogP contribution in [-0.2, 0) is 10.0 Å². The van der Waals surface area contributed by atoms with Gasteiger partial charge in [0.1, 0.15) is 0 Å². The second kappa shape index (κ2) is 5.09. The quantitative estimate of drug-likeness (QED) is 0.632. The molecule has 1 aromatic heterocycles. The number of pyridine rings is 1. The maximum absolute atomic E-state index is 12.0. The zero-order valence-corrected chi connectivity index (χ0v) is 10.4. The Bertz CT molecular complexity index is 644. The van der Waals surface area contributed by atoms with Crippen molar-refractivity contribution in [3.63, 3.8) is 0 Å². The molecular formula is C7H6F3N3O6S. The highest BCUT2D eigenvalue weighted by Gasteiger charge is 2.36. The number of nitro groups is 1. The van der Waals surface area contributed by atoms with E-state index >= 15 is 0 Å². The minimum absolute atomic E-state index is 0.176. The van der Waals surface area contributed by atoms with Gasteiger partial charge in [0.15, 0.2) is 0 Å². The Morgan fingerprint density at radius 3 is 2.35 bits per heavy atom. The molecule has 0 aliphatic rings. The van der Waals surface area contributed by atoms with E-state index in [2.05, 4.69) is 14.5 Å². The highest BCUT2D eigenvalue weighted by atomic mass is 32.2. The van der Waals surface area contributed by atoms with Crippen molar-refractivity contribution in [3.8, 4) is 11.8 Å². The van der Waals surface area contributed by atoms with E-state index in [1.807, 2.05) is 0 Å². The molecule has 9 nitrogen and oxygen atoms in total. The SMILES string of the molecule is COc1nc(OC(F)(F)F)cc([N+](=O)[O-])c1S(N)(=O)=O. The van der Waals surface area contributed by atoms with Gasteiger partial charge in [-0.3, -0.25) is 10.1 Å². The number of sulfonamides is 1. The van der Waals surface area contributed by atoms with Gasteiger partial charge < -0.3 is 9.47 Å². The first-order chi connectivity index (χ1) is 8.95. The van der Waals surface area contributed by atoms with Crippen LogP contribution in [0.1, 0.15) is 0 Å². The molecule has 0 atom stereocenters. The number of alkyl halides is 3. The van der Waals surface area contributed by atoms with E-state index in [0.29, 0.717) is 0 Å². The van der Waals surface area contributed by atoms with Crippen LogP contribution in [0.15, 0.2) is 11.0 Å². The fraction of sp³-hybridized carbons (Fsp3) is 0.286. The molecule has 0 amide bonds. The van der Waals surface area contributed by atoms with Crippen LogP contribution in [0.3, 0.4) is 0 Å². The summed E-state index contributed by atoms with van der Waals surface area (Å²) in [4.78, 5) is 11.4. The van der Waals surface area contributed by atoms with Gasteiger partial charge in [0.2, 0.25) is 26.7 Å². The molecule has 0 bridgehead atoms. The number of aromatic nitrogens is 1. The number of hydrogen-bond donors (Lipinski definition) is 1. The number of nitrogens with zero attached hydrogens (tertiary/aromatic N) is 2. The van der Waals surface area contributed by atoms with Gasteiger partial charge in [-0.1, -0.05) is 0 Å². The first-order valence-corrected chi connectivity index (χ1v) is 6.02. The van der Waals surface area contributed by atoms with Crippen LogP contribution in [0.5, 0.6) is 11.8 Å². The van der Waals surface area contributed by atoms with Gasteiger partial charge in [-0.25, -0.2) is 13.6 Å². The highest BCUT2D eigenvalue weighted by Crippen LogP contribution is 2.35. The lowest BCUT2D eigenvalue weighted by atomic mass is 10.4. The Balaban J connectivity index is 3.60. The zero-order chi connectivity index (χ0) is 15.7. The lowest BCUT2D eigenvalue weighted by molar-refractivity contribution is -0.388. The minimum atomic E-state index is -5.17. The molecule has 1 rings (SSSR count). The van der Waals surface area contributed by atoms with E-state index in [0.717, 1.165) is 7.11 Å². The summed E-state index contributed by atoms with van der Waals surface area (Å²) in [5, 5.41) is 15.5. The van der Waals surface area contributed by atoms with Gasteiger partial charge in [0, 0.05) is 0 Å². The summed E-state index contributed by atoms with van der Waals surface area (Å²) in [5.74, 6) is -2.24. The summed E-state index contributed by atoms with van der Waals surface area (Å²) >= 11 is 0. The summed E-state index contributed by atoms with van der Waals surface area (Å²) < 4.78 is 66.3. The lowest BCUT2D eigenvalue weighted by Gasteiger charge is -2.11. The van der Waals surface area contributed by atoms with Gasteiger partial charge in [-0.2, -0.15) is 4.98 Å². The molecule has 0 aliphatic carbocycles. The van der Waals surface area contributed by atoms with Crippen molar-refractivity contribution in [2.75, 3.05) is 7.11 Å². The molecule has 0 fully saturated rings. The van der Waals surface area contributed by atoms with E-state index in [9.17, 15) is 31.7 Å². The van der Waals surface area contributed by atoms with Crippen molar-refractivity contribution in [2.24, 2.45) is 5.14 Å². The molecule has 0 radical (unpaired) electrons. The molecule has 1 aromatic rings. The standard InChI is InChI=1S/C7H6F3N3O6S/c1-18-6-5(20(11,16)17)3(13(14)15)2-4(12-6)19-7(8,9)10/h2H,1H3,(H2,11,16,17). The fourth-order valence-corrected chi connectivity index (χ4v) is 1.98. The molecule has 0 saturated heterocycles. The first-order valence-electron chi connectivity index (χ1n) is 4.47. The highest BCUT2D eigenvalue weighted by molar-refractivity contribution is 7.89. The molecule has 0 unspecified atom stereocenters. The second-order valence-corrected chi connectivity index (χ2v) is 4.67. The van der Waals surface area contributed by atoms with Crippen molar-refractivity contribution in [1.82, 2.24) is 4.98 Å². The van der Waals surface area contributed by atoms with Crippen molar-refractivity contribution >= 4 is 15.7 Å². The average molecular weight is 317 g/mol. The summed E-state index contributed by atoms with van der Waals surface area (Å²) in [6.07, 6.45) is -5.17. The zero-order valence-electron chi connectivity index (χ0n) is 9.54. The van der Waals surface area contributed by atoms with E-state index in [4.69, 9.17) is 5.14 Å². The Morgan fingerprint density at radius 2 is 2.00 bits per heavy atom. The average Bonchev–Trinajstić information content (AvgIpc) is 2.23. The topological polar surface area (TPSA) is 135 Å². The number of nitrogens with two attached hydrogens (primary N) is 1. The molecule has 0 aliphatic heterocycles. The largest absolute Gasteiger partial charge is 0.574 e. The van der Waals surface area contributed by atoms with Gasteiger partial charge in [-0.15, -0.1) is 13.2 Å². The predicted molar refractivity (Wildman–Crippen MR) is 55.5 cm³/mol. The van der Waals surface area contributed by atoms with E-state index in [1.165, 1.54) is 0 Å². The maximum Gasteiger partial charge on any atom is 0.574 e. The Labute approximate surface area is 109 Å². The van der Waals surface area contributed by atoms with Crippen molar-refractivity contribution in [3.05, 3.63) is 16.2 Å². The van der Waals surface area contributed by atoms with Gasteiger partial charge >= 0.3 is 6.36 Å². The second-order valence-electron chi connectivity index (χ2n) is 3.17.